The molecule has 0 unspecified atom stereocenters. The molecule has 0 amide bonds. The minimum absolute atomic E-state index is 0.191. The minimum Gasteiger partial charge on any atom is -0.489 e. The van der Waals surface area contributed by atoms with Gasteiger partial charge in [-0.1, -0.05) is 0 Å². The Balaban J connectivity index is 2.21. The van der Waals surface area contributed by atoms with Gasteiger partial charge in [0.2, 0.25) is 0 Å². The van der Waals surface area contributed by atoms with Gasteiger partial charge in [0.1, 0.15) is 0 Å². The van der Waals surface area contributed by atoms with E-state index in [0.29, 0.717) is 6.61 Å². The Hall–Kier alpha value is -1.16. The van der Waals surface area contributed by atoms with Crippen LogP contribution in [0.4, 0.5) is 4.39 Å². The van der Waals surface area contributed by atoms with Crippen molar-refractivity contribution in [2.45, 2.75) is 19.3 Å². The Morgan fingerprint density at radius 2 is 2.21 bits per heavy atom. The lowest BCUT2D eigenvalue weighted by molar-refractivity contribution is 0.260. The monoisotopic (exact) mass is 199 g/mol. The second-order valence-electron chi connectivity index (χ2n) is 2.93. The Morgan fingerprint density at radius 3 is 2.93 bits per heavy atom. The highest BCUT2D eigenvalue weighted by Gasteiger charge is 2.01. The van der Waals surface area contributed by atoms with Gasteiger partial charge in [0.05, 0.1) is 6.61 Å². The highest BCUT2D eigenvalue weighted by Crippen LogP contribution is 2.13. The summed E-state index contributed by atoms with van der Waals surface area (Å²) in [5, 5.41) is 8.52. The average molecular weight is 199 g/mol. The van der Waals surface area contributed by atoms with Gasteiger partial charge in [0.25, 0.3) is 5.95 Å². The molecular weight excluding hydrogens is 185 g/mol. The number of aliphatic hydroxyl groups is 1. The quantitative estimate of drug-likeness (QED) is 0.560. The van der Waals surface area contributed by atoms with E-state index in [1.54, 1.807) is 12.1 Å². The number of hydrogen-bond acceptors (Lipinski definition) is 3. The van der Waals surface area contributed by atoms with E-state index in [9.17, 15) is 4.39 Å². The van der Waals surface area contributed by atoms with E-state index in [1.807, 2.05) is 0 Å². The van der Waals surface area contributed by atoms with E-state index in [-0.39, 0.29) is 12.4 Å². The molecule has 0 radical (unpaired) electrons. The van der Waals surface area contributed by atoms with Crippen molar-refractivity contribution in [3.63, 3.8) is 0 Å². The second-order valence-corrected chi connectivity index (χ2v) is 2.93. The molecule has 1 aromatic heterocycles. The number of pyridine rings is 1. The van der Waals surface area contributed by atoms with Gasteiger partial charge >= 0.3 is 0 Å². The van der Waals surface area contributed by atoms with Gasteiger partial charge in [0, 0.05) is 12.8 Å². The van der Waals surface area contributed by atoms with Crippen LogP contribution in [0.1, 0.15) is 19.3 Å². The number of unbranched alkanes of at least 4 members (excludes halogenated alkanes) is 2. The second kappa shape index (κ2) is 6.32. The lowest BCUT2D eigenvalue weighted by Crippen LogP contribution is -2.00. The van der Waals surface area contributed by atoms with Crippen molar-refractivity contribution in [3.05, 3.63) is 24.3 Å². The standard InChI is InChI=1S/C10H14FNO2/c11-10-9(5-4-6-12-10)14-8-3-1-2-7-13/h4-6,13H,1-3,7-8H2. The molecule has 0 atom stereocenters. The topological polar surface area (TPSA) is 42.4 Å². The predicted octanol–water partition coefficient (Wildman–Crippen LogP) is 1.76. The van der Waals surface area contributed by atoms with E-state index in [1.165, 1.54) is 6.20 Å². The third kappa shape index (κ3) is 3.70. The van der Waals surface area contributed by atoms with Crippen molar-refractivity contribution in [1.29, 1.82) is 0 Å². The van der Waals surface area contributed by atoms with Crippen LogP contribution in [-0.2, 0) is 0 Å². The number of aliphatic hydroxyl groups excluding tert-OH is 1. The van der Waals surface area contributed by atoms with Crippen LogP contribution in [0.5, 0.6) is 5.75 Å². The molecule has 1 rings (SSSR count). The SMILES string of the molecule is OCCCCCOc1cccnc1F. The van der Waals surface area contributed by atoms with Crippen molar-refractivity contribution in [2.75, 3.05) is 13.2 Å². The first-order chi connectivity index (χ1) is 6.84. The first-order valence-corrected chi connectivity index (χ1v) is 4.69. The van der Waals surface area contributed by atoms with E-state index in [0.717, 1.165) is 19.3 Å². The zero-order valence-corrected chi connectivity index (χ0v) is 7.95. The van der Waals surface area contributed by atoms with Crippen LogP contribution in [0.3, 0.4) is 0 Å². The van der Waals surface area contributed by atoms with Crippen LogP contribution in [0, 0.1) is 5.95 Å². The Kier molecular flexibility index (Phi) is 4.93. The van der Waals surface area contributed by atoms with Crippen LogP contribution >= 0.6 is 0 Å². The van der Waals surface area contributed by atoms with Crippen LogP contribution in [0.2, 0.25) is 0 Å². The van der Waals surface area contributed by atoms with Crippen molar-refractivity contribution >= 4 is 0 Å². The predicted molar refractivity (Wildman–Crippen MR) is 50.6 cm³/mol. The summed E-state index contributed by atoms with van der Waals surface area (Å²) in [7, 11) is 0. The molecule has 0 bridgehead atoms. The molecule has 0 saturated heterocycles. The molecule has 0 aliphatic rings. The third-order valence-electron chi connectivity index (χ3n) is 1.78. The maximum absolute atomic E-state index is 12.9. The lowest BCUT2D eigenvalue weighted by atomic mass is 10.2. The summed E-state index contributed by atoms with van der Waals surface area (Å²) >= 11 is 0. The lowest BCUT2D eigenvalue weighted by Gasteiger charge is -2.05. The first kappa shape index (κ1) is 10.9. The highest BCUT2D eigenvalue weighted by atomic mass is 19.1. The number of hydrogen-bond donors (Lipinski definition) is 1. The van der Waals surface area contributed by atoms with Crippen LogP contribution in [-0.4, -0.2) is 23.3 Å². The van der Waals surface area contributed by atoms with E-state index >= 15 is 0 Å². The number of nitrogens with zero attached hydrogens (tertiary/aromatic N) is 1. The number of aromatic nitrogens is 1. The fourth-order valence-electron chi connectivity index (χ4n) is 1.05. The summed E-state index contributed by atoms with van der Waals surface area (Å²) in [6.07, 6.45) is 3.85. The van der Waals surface area contributed by atoms with Crippen molar-refractivity contribution in [1.82, 2.24) is 4.98 Å². The first-order valence-electron chi connectivity index (χ1n) is 4.69. The fraction of sp³-hybridized carbons (Fsp3) is 0.500. The Labute approximate surface area is 82.5 Å². The van der Waals surface area contributed by atoms with Gasteiger partial charge in [-0.25, -0.2) is 4.98 Å². The maximum atomic E-state index is 12.9. The van der Waals surface area contributed by atoms with Crippen molar-refractivity contribution in [2.24, 2.45) is 0 Å². The molecule has 1 N–H and O–H groups in total. The van der Waals surface area contributed by atoms with Crippen molar-refractivity contribution < 1.29 is 14.2 Å². The summed E-state index contributed by atoms with van der Waals surface area (Å²) in [4.78, 5) is 3.46. The largest absolute Gasteiger partial charge is 0.489 e. The van der Waals surface area contributed by atoms with Crippen LogP contribution in [0.15, 0.2) is 18.3 Å². The van der Waals surface area contributed by atoms with Gasteiger partial charge in [-0.15, -0.1) is 0 Å². The zero-order chi connectivity index (χ0) is 10.2. The summed E-state index contributed by atoms with van der Waals surface area (Å²) in [6.45, 7) is 0.657. The van der Waals surface area contributed by atoms with Crippen LogP contribution < -0.4 is 4.74 Å². The number of rotatable bonds is 6. The van der Waals surface area contributed by atoms with E-state index < -0.39 is 5.95 Å². The van der Waals surface area contributed by atoms with Gasteiger partial charge in [0.15, 0.2) is 5.75 Å². The molecule has 78 valence electrons. The molecule has 0 aliphatic carbocycles. The van der Waals surface area contributed by atoms with Gasteiger partial charge in [-0.3, -0.25) is 0 Å². The number of halogens is 1. The fourth-order valence-corrected chi connectivity index (χ4v) is 1.05. The Bertz CT molecular complexity index is 268. The molecule has 0 spiro atoms. The van der Waals surface area contributed by atoms with Crippen molar-refractivity contribution in [3.8, 4) is 5.75 Å². The summed E-state index contributed by atoms with van der Waals surface area (Å²) < 4.78 is 18.1. The van der Waals surface area contributed by atoms with Gasteiger partial charge in [-0.05, 0) is 31.4 Å². The van der Waals surface area contributed by atoms with Gasteiger partial charge in [-0.2, -0.15) is 4.39 Å². The summed E-state index contributed by atoms with van der Waals surface area (Å²) in [5.41, 5.74) is 0. The highest BCUT2D eigenvalue weighted by molar-refractivity contribution is 5.17. The maximum Gasteiger partial charge on any atom is 0.255 e. The molecular formula is C10H14FNO2. The Morgan fingerprint density at radius 1 is 1.36 bits per heavy atom. The van der Waals surface area contributed by atoms with Gasteiger partial charge < -0.3 is 9.84 Å². The molecule has 3 nitrogen and oxygen atoms in total. The summed E-state index contributed by atoms with van der Waals surface area (Å²) in [6, 6.07) is 3.18. The molecule has 1 heterocycles. The molecule has 0 aromatic carbocycles. The van der Waals surface area contributed by atoms with E-state index in [2.05, 4.69) is 4.98 Å². The summed E-state index contributed by atoms with van der Waals surface area (Å²) in [5.74, 6) is -0.383. The molecule has 0 aliphatic heterocycles. The molecule has 14 heavy (non-hydrogen) atoms. The van der Waals surface area contributed by atoms with Crippen LogP contribution in [0.25, 0.3) is 0 Å². The molecule has 4 heteroatoms. The average Bonchev–Trinajstić information content (AvgIpc) is 2.20. The van der Waals surface area contributed by atoms with E-state index in [4.69, 9.17) is 9.84 Å². The normalized spacial score (nSPS) is 10.1. The zero-order valence-electron chi connectivity index (χ0n) is 7.95. The molecule has 0 fully saturated rings. The number of ether oxygens (including phenoxy) is 1. The third-order valence-corrected chi connectivity index (χ3v) is 1.78. The molecule has 0 saturated carbocycles. The smallest absolute Gasteiger partial charge is 0.255 e. The molecule has 1 aromatic rings. The minimum atomic E-state index is -0.574.